The van der Waals surface area contributed by atoms with Crippen LogP contribution >= 0.6 is 0 Å². The minimum atomic E-state index is -6.09. The summed E-state index contributed by atoms with van der Waals surface area (Å²) in [4.78, 5) is 16.4. The van der Waals surface area contributed by atoms with E-state index in [1.165, 1.54) is 4.57 Å². The maximum absolute atomic E-state index is 13.0. The monoisotopic (exact) mass is 545 g/mol. The number of nitrogens with one attached hydrogen (secondary N) is 2. The number of carbonyl (C=O) groups excluding carboxylic acids is 1. The van der Waals surface area contributed by atoms with Gasteiger partial charge in [-0.25, -0.2) is 17.2 Å². The van der Waals surface area contributed by atoms with Crippen LogP contribution in [-0.2, 0) is 23.1 Å². The van der Waals surface area contributed by atoms with E-state index < -0.39 is 22.1 Å². The Kier molecular flexibility index (Phi) is 8.08. The smallest absolute Gasteiger partial charge is 0.485 e. The average molecular weight is 546 g/mol. The number of Topliss-reactive ketones (excluding diaryl/α,β-unsaturated/α-hetero) is 1. The molecule has 200 valence electrons. The summed E-state index contributed by atoms with van der Waals surface area (Å²) in [5.74, 6) is 0.112. The molecule has 0 unspecified atom stereocenters. The number of nitrogens with zero attached hydrogens (tertiary/aromatic N) is 1. The Labute approximate surface area is 210 Å². The van der Waals surface area contributed by atoms with Gasteiger partial charge in [0.25, 0.3) is 6.43 Å². The fourth-order valence-corrected chi connectivity index (χ4v) is 3.97. The lowest BCUT2D eigenvalue weighted by atomic mass is 9.76. The number of alkyl halides is 5. The first-order chi connectivity index (χ1) is 17.1. The number of carbonyl (C=O) groups is 1. The number of pyridine rings is 1. The number of para-hydroxylation sites is 1. The van der Waals surface area contributed by atoms with Crippen LogP contribution in [-0.4, -0.2) is 35.7 Å². The van der Waals surface area contributed by atoms with E-state index in [1.54, 1.807) is 24.5 Å². The van der Waals surface area contributed by atoms with Crippen molar-refractivity contribution < 1.29 is 44.3 Å². The zero-order valence-corrected chi connectivity index (χ0v) is 20.6. The first-order valence-corrected chi connectivity index (χ1v) is 12.4. The molecule has 1 aliphatic carbocycles. The first-order valence-electron chi connectivity index (χ1n) is 11.0. The SMILES string of the molecule is CC1(C)CC(=O)c2c([nH]c(-c3cc[n+](CC(F)F)cc3)c2Nc2ccccc2)C1.O=S(=O)([O-])C(F)(F)F. The van der Waals surface area contributed by atoms with Gasteiger partial charge >= 0.3 is 5.51 Å². The Balaban J connectivity index is 0.000000414. The topological polar surface area (TPSA) is 106 Å². The average Bonchev–Trinajstić information content (AvgIpc) is 3.10. The molecule has 0 fully saturated rings. The molecule has 0 bridgehead atoms. The second-order valence-corrected chi connectivity index (χ2v) is 10.6. The van der Waals surface area contributed by atoms with Crippen LogP contribution in [0.25, 0.3) is 11.3 Å². The van der Waals surface area contributed by atoms with Crippen molar-refractivity contribution in [2.45, 2.75) is 45.2 Å². The summed E-state index contributed by atoms with van der Waals surface area (Å²) in [7, 11) is -6.09. The van der Waals surface area contributed by atoms with E-state index in [9.17, 15) is 26.7 Å². The lowest BCUT2D eigenvalue weighted by Crippen LogP contribution is -2.36. The van der Waals surface area contributed by atoms with Crippen molar-refractivity contribution in [3.05, 3.63) is 66.1 Å². The number of rotatable bonds is 5. The second-order valence-electron chi connectivity index (χ2n) is 9.24. The summed E-state index contributed by atoms with van der Waals surface area (Å²) in [6.07, 6.45) is 2.14. The molecule has 1 aromatic carbocycles. The number of H-pyrrole nitrogens is 1. The molecule has 7 nitrogen and oxygen atoms in total. The van der Waals surface area contributed by atoms with Crippen LogP contribution in [0, 0.1) is 5.41 Å². The van der Waals surface area contributed by atoms with E-state index in [2.05, 4.69) is 24.1 Å². The molecule has 3 aromatic rings. The van der Waals surface area contributed by atoms with Gasteiger partial charge < -0.3 is 14.9 Å². The number of halogens is 5. The first kappa shape index (κ1) is 28.3. The van der Waals surface area contributed by atoms with Crippen LogP contribution in [0.3, 0.4) is 0 Å². The number of benzene rings is 1. The van der Waals surface area contributed by atoms with E-state index >= 15 is 0 Å². The minimum Gasteiger partial charge on any atom is -0.741 e. The van der Waals surface area contributed by atoms with Gasteiger partial charge in [0, 0.05) is 35.5 Å². The molecule has 1 aliphatic rings. The minimum absolute atomic E-state index is 0.104. The molecule has 13 heteroatoms. The summed E-state index contributed by atoms with van der Waals surface area (Å²) in [5.41, 5.74) is -0.852. The van der Waals surface area contributed by atoms with Crippen LogP contribution < -0.4 is 9.88 Å². The van der Waals surface area contributed by atoms with E-state index in [4.69, 9.17) is 13.0 Å². The molecule has 4 rings (SSSR count). The lowest BCUT2D eigenvalue weighted by Gasteiger charge is -2.28. The summed E-state index contributed by atoms with van der Waals surface area (Å²) in [5, 5.41) is 3.40. The fraction of sp³-hybridized carbons (Fsp3) is 0.333. The van der Waals surface area contributed by atoms with Crippen molar-refractivity contribution in [1.29, 1.82) is 0 Å². The van der Waals surface area contributed by atoms with E-state index in [1.807, 2.05) is 30.3 Å². The van der Waals surface area contributed by atoms with Crippen LogP contribution in [0.15, 0.2) is 54.9 Å². The quantitative estimate of drug-likeness (QED) is 0.199. The van der Waals surface area contributed by atoms with Crippen molar-refractivity contribution in [3.8, 4) is 11.3 Å². The largest absolute Gasteiger partial charge is 0.741 e. The zero-order valence-electron chi connectivity index (χ0n) is 19.8. The Morgan fingerprint density at radius 3 is 2.16 bits per heavy atom. The molecule has 0 aliphatic heterocycles. The molecular weight excluding hydrogens is 521 g/mol. The molecule has 0 amide bonds. The molecule has 0 radical (unpaired) electrons. The molecule has 0 saturated carbocycles. The number of ketones is 1. The molecule has 37 heavy (non-hydrogen) atoms. The van der Waals surface area contributed by atoms with Crippen LogP contribution in [0.2, 0.25) is 0 Å². The van der Waals surface area contributed by atoms with Crippen LogP contribution in [0.5, 0.6) is 0 Å². The molecule has 0 atom stereocenters. The third-order valence-electron chi connectivity index (χ3n) is 5.51. The fourth-order valence-electron chi connectivity index (χ4n) is 3.97. The van der Waals surface area contributed by atoms with Gasteiger partial charge in [-0.2, -0.15) is 17.7 Å². The number of aromatic amines is 1. The molecule has 2 N–H and O–H groups in total. The molecule has 0 saturated heterocycles. The standard InChI is InChI=1S/C23H23F2N3O.CHF3O3S/c1-23(2)12-17-20(18(29)13-23)22(26-16-6-4-3-5-7-16)21(27-17)15-8-10-28(11-9-15)14-19(24)25;2-1(3,4)8(5,6)7/h3-11,19H,12-14H2,1-2H3,(H,26,27,29);(H,5,6,7). The van der Waals surface area contributed by atoms with Gasteiger partial charge in [0.15, 0.2) is 28.3 Å². The molecule has 2 aromatic heterocycles. The highest BCUT2D eigenvalue weighted by Gasteiger charge is 2.37. The van der Waals surface area contributed by atoms with E-state index in [-0.39, 0.29) is 17.7 Å². The summed E-state index contributed by atoms with van der Waals surface area (Å²) in [6.45, 7) is 3.84. The Morgan fingerprint density at radius 2 is 1.65 bits per heavy atom. The number of fused-ring (bicyclic) bond motifs is 1. The Bertz CT molecular complexity index is 1350. The van der Waals surface area contributed by atoms with Gasteiger partial charge in [-0.1, -0.05) is 32.0 Å². The van der Waals surface area contributed by atoms with Gasteiger partial charge in [0.2, 0.25) is 6.54 Å². The molecule has 0 spiro atoms. The van der Waals surface area contributed by atoms with Crippen molar-refractivity contribution in [2.24, 2.45) is 5.41 Å². The Morgan fingerprint density at radius 1 is 1.08 bits per heavy atom. The van der Waals surface area contributed by atoms with Gasteiger partial charge in [-0.05, 0) is 24.0 Å². The molecule has 2 heterocycles. The van der Waals surface area contributed by atoms with Gasteiger partial charge in [-0.15, -0.1) is 0 Å². The normalized spacial score (nSPS) is 15.1. The van der Waals surface area contributed by atoms with Gasteiger partial charge in [-0.3, -0.25) is 4.79 Å². The van der Waals surface area contributed by atoms with Crippen molar-refractivity contribution in [1.82, 2.24) is 4.98 Å². The molecular formula is C24H24F5N3O4S. The third-order valence-corrected chi connectivity index (χ3v) is 6.07. The third kappa shape index (κ3) is 7.13. The van der Waals surface area contributed by atoms with Crippen molar-refractivity contribution >= 4 is 27.3 Å². The summed E-state index contributed by atoms with van der Waals surface area (Å²) >= 11 is 0. The van der Waals surface area contributed by atoms with Crippen LogP contribution in [0.4, 0.5) is 33.3 Å². The van der Waals surface area contributed by atoms with E-state index in [0.29, 0.717) is 12.0 Å². The lowest BCUT2D eigenvalue weighted by molar-refractivity contribution is -0.705. The van der Waals surface area contributed by atoms with E-state index in [0.717, 1.165) is 34.7 Å². The highest BCUT2D eigenvalue weighted by atomic mass is 32.2. The number of hydrogen-bond donors (Lipinski definition) is 2. The van der Waals surface area contributed by atoms with Crippen LogP contribution in [0.1, 0.15) is 36.3 Å². The van der Waals surface area contributed by atoms with Crippen molar-refractivity contribution in [2.75, 3.05) is 5.32 Å². The summed E-state index contributed by atoms with van der Waals surface area (Å²) < 4.78 is 85.6. The van der Waals surface area contributed by atoms with Crippen molar-refractivity contribution in [3.63, 3.8) is 0 Å². The second kappa shape index (κ2) is 10.6. The predicted octanol–water partition coefficient (Wildman–Crippen LogP) is 5.18. The number of aromatic nitrogens is 2. The maximum Gasteiger partial charge on any atom is 0.485 e. The number of anilines is 2. The van der Waals surface area contributed by atoms with Gasteiger partial charge in [0.05, 0.1) is 16.9 Å². The Hall–Kier alpha value is -3.32. The summed E-state index contributed by atoms with van der Waals surface area (Å²) in [6, 6.07) is 13.3. The highest BCUT2D eigenvalue weighted by Crippen LogP contribution is 2.43. The van der Waals surface area contributed by atoms with Gasteiger partial charge in [0.1, 0.15) is 0 Å². The number of hydrogen-bond acceptors (Lipinski definition) is 5. The maximum atomic E-state index is 13.0. The highest BCUT2D eigenvalue weighted by molar-refractivity contribution is 7.86. The zero-order chi connectivity index (χ0) is 27.6. The predicted molar refractivity (Wildman–Crippen MR) is 124 cm³/mol.